The van der Waals surface area contributed by atoms with Crippen LogP contribution in [0.3, 0.4) is 0 Å². The maximum absolute atomic E-state index is 5.45. The second-order valence-electron chi connectivity index (χ2n) is 5.72. The maximum atomic E-state index is 5.45. The zero-order valence-electron chi connectivity index (χ0n) is 12.9. The molecule has 1 saturated carbocycles. The van der Waals surface area contributed by atoms with Crippen molar-refractivity contribution in [1.82, 2.24) is 0 Å². The summed E-state index contributed by atoms with van der Waals surface area (Å²) in [5.41, 5.74) is 1.08. The lowest BCUT2D eigenvalue weighted by Crippen LogP contribution is -2.26. The van der Waals surface area contributed by atoms with Gasteiger partial charge in [0, 0.05) is 12.1 Å². The van der Waals surface area contributed by atoms with Crippen molar-refractivity contribution in [3.63, 3.8) is 0 Å². The molecular weight excluding hydrogens is 250 g/mol. The number of benzene rings is 1. The average molecular weight is 277 g/mol. The summed E-state index contributed by atoms with van der Waals surface area (Å²) in [5, 5.41) is 3.63. The molecule has 0 aliphatic heterocycles. The second-order valence-corrected chi connectivity index (χ2v) is 5.72. The van der Waals surface area contributed by atoms with Crippen molar-refractivity contribution in [1.29, 1.82) is 0 Å². The quantitative estimate of drug-likeness (QED) is 0.832. The second kappa shape index (κ2) is 7.41. The Morgan fingerprint density at radius 3 is 2.45 bits per heavy atom. The van der Waals surface area contributed by atoms with Crippen LogP contribution < -0.4 is 14.8 Å². The number of ether oxygens (including phenoxy) is 2. The first-order valence-corrected chi connectivity index (χ1v) is 7.75. The molecule has 112 valence electrons. The first-order chi connectivity index (χ1) is 9.76. The molecule has 2 rings (SSSR count). The van der Waals surface area contributed by atoms with Crippen LogP contribution in [-0.2, 0) is 0 Å². The van der Waals surface area contributed by atoms with Crippen molar-refractivity contribution >= 4 is 5.69 Å². The minimum absolute atomic E-state index is 0.574. The van der Waals surface area contributed by atoms with E-state index in [1.165, 1.54) is 38.5 Å². The van der Waals surface area contributed by atoms with E-state index in [0.717, 1.165) is 23.1 Å². The van der Waals surface area contributed by atoms with Crippen LogP contribution in [0.1, 0.15) is 45.4 Å². The Balaban J connectivity index is 1.94. The number of hydrogen-bond donors (Lipinski definition) is 1. The van der Waals surface area contributed by atoms with Crippen LogP contribution in [0.5, 0.6) is 11.5 Å². The highest BCUT2D eigenvalue weighted by molar-refractivity contribution is 5.59. The highest BCUT2D eigenvalue weighted by atomic mass is 16.5. The van der Waals surface area contributed by atoms with E-state index in [9.17, 15) is 0 Å². The summed E-state index contributed by atoms with van der Waals surface area (Å²) in [6.07, 6.45) is 7.93. The average Bonchev–Trinajstić information content (AvgIpc) is 2.50. The molecule has 0 atom stereocenters. The normalized spacial score (nSPS) is 22.4. The number of methoxy groups -OCH3 is 2. The van der Waals surface area contributed by atoms with Crippen molar-refractivity contribution in [3.05, 3.63) is 18.2 Å². The van der Waals surface area contributed by atoms with Crippen molar-refractivity contribution in [2.24, 2.45) is 5.92 Å². The van der Waals surface area contributed by atoms with Gasteiger partial charge in [0.1, 0.15) is 11.5 Å². The van der Waals surface area contributed by atoms with Gasteiger partial charge in [-0.1, -0.05) is 19.8 Å². The molecule has 20 heavy (non-hydrogen) atoms. The maximum Gasteiger partial charge on any atom is 0.145 e. The van der Waals surface area contributed by atoms with Gasteiger partial charge in [0.05, 0.1) is 19.9 Å². The number of hydrogen-bond acceptors (Lipinski definition) is 3. The Hall–Kier alpha value is -1.38. The molecule has 0 heterocycles. The molecule has 0 amide bonds. The molecule has 3 nitrogen and oxygen atoms in total. The van der Waals surface area contributed by atoms with E-state index in [1.54, 1.807) is 14.2 Å². The molecular formula is C17H27NO2. The summed E-state index contributed by atoms with van der Waals surface area (Å²) in [4.78, 5) is 0. The molecule has 1 N–H and O–H groups in total. The monoisotopic (exact) mass is 277 g/mol. The minimum atomic E-state index is 0.574. The highest BCUT2D eigenvalue weighted by Crippen LogP contribution is 2.33. The van der Waals surface area contributed by atoms with Gasteiger partial charge in [-0.2, -0.15) is 0 Å². The molecule has 1 aromatic carbocycles. The Bertz CT molecular complexity index is 411. The van der Waals surface area contributed by atoms with Crippen LogP contribution >= 0.6 is 0 Å². The molecule has 1 aromatic rings. The zero-order valence-corrected chi connectivity index (χ0v) is 12.9. The fourth-order valence-electron chi connectivity index (χ4n) is 3.14. The van der Waals surface area contributed by atoms with Crippen LogP contribution in [0, 0.1) is 5.92 Å². The molecule has 1 aliphatic rings. The van der Waals surface area contributed by atoms with E-state index in [4.69, 9.17) is 9.47 Å². The third-order valence-electron chi connectivity index (χ3n) is 4.31. The number of nitrogens with one attached hydrogen (secondary N) is 1. The predicted octanol–water partition coefficient (Wildman–Crippen LogP) is 4.47. The SMILES string of the molecule is CCCC1CCC(Nc2ccc(OC)cc2OC)CC1. The van der Waals surface area contributed by atoms with E-state index in [0.29, 0.717) is 6.04 Å². The molecule has 0 radical (unpaired) electrons. The van der Waals surface area contributed by atoms with Gasteiger partial charge in [-0.3, -0.25) is 0 Å². The molecule has 0 bridgehead atoms. The standard InChI is InChI=1S/C17H27NO2/c1-4-5-13-6-8-14(9-7-13)18-16-11-10-15(19-2)12-17(16)20-3/h10-14,18H,4-9H2,1-3H3. The van der Waals surface area contributed by atoms with Gasteiger partial charge in [0.15, 0.2) is 0 Å². The van der Waals surface area contributed by atoms with Gasteiger partial charge in [-0.15, -0.1) is 0 Å². The Morgan fingerprint density at radius 1 is 1.10 bits per heavy atom. The van der Waals surface area contributed by atoms with Gasteiger partial charge in [0.2, 0.25) is 0 Å². The van der Waals surface area contributed by atoms with Crippen molar-refractivity contribution < 1.29 is 9.47 Å². The van der Waals surface area contributed by atoms with E-state index in [1.807, 2.05) is 12.1 Å². The van der Waals surface area contributed by atoms with Crippen molar-refractivity contribution in [2.75, 3.05) is 19.5 Å². The topological polar surface area (TPSA) is 30.5 Å². The minimum Gasteiger partial charge on any atom is -0.497 e. The third kappa shape index (κ3) is 3.81. The van der Waals surface area contributed by atoms with E-state index < -0.39 is 0 Å². The molecule has 0 unspecified atom stereocenters. The lowest BCUT2D eigenvalue weighted by molar-refractivity contribution is 0.318. The fraction of sp³-hybridized carbons (Fsp3) is 0.647. The van der Waals surface area contributed by atoms with Crippen LogP contribution in [0.15, 0.2) is 18.2 Å². The van der Waals surface area contributed by atoms with E-state index in [2.05, 4.69) is 18.3 Å². The first kappa shape index (κ1) is 15.0. The van der Waals surface area contributed by atoms with Gasteiger partial charge >= 0.3 is 0 Å². The Labute approximate surface area is 122 Å². The van der Waals surface area contributed by atoms with Crippen molar-refractivity contribution in [2.45, 2.75) is 51.5 Å². The molecule has 0 aromatic heterocycles. The zero-order chi connectivity index (χ0) is 14.4. The Kier molecular flexibility index (Phi) is 5.57. The van der Waals surface area contributed by atoms with Gasteiger partial charge in [-0.05, 0) is 43.7 Å². The smallest absolute Gasteiger partial charge is 0.145 e. The number of rotatable bonds is 6. The largest absolute Gasteiger partial charge is 0.497 e. The lowest BCUT2D eigenvalue weighted by Gasteiger charge is -2.30. The summed E-state index contributed by atoms with van der Waals surface area (Å²) in [6.45, 7) is 2.28. The summed E-state index contributed by atoms with van der Waals surface area (Å²) in [6, 6.07) is 6.54. The summed E-state index contributed by atoms with van der Waals surface area (Å²) in [7, 11) is 3.38. The first-order valence-electron chi connectivity index (χ1n) is 7.75. The van der Waals surface area contributed by atoms with Crippen molar-refractivity contribution in [3.8, 4) is 11.5 Å². The van der Waals surface area contributed by atoms with Gasteiger partial charge < -0.3 is 14.8 Å². The summed E-state index contributed by atoms with van der Waals surface area (Å²) in [5.74, 6) is 2.63. The van der Waals surface area contributed by atoms with Gasteiger partial charge in [-0.25, -0.2) is 0 Å². The molecule has 0 saturated heterocycles. The van der Waals surface area contributed by atoms with Crippen LogP contribution in [0.25, 0.3) is 0 Å². The van der Waals surface area contributed by atoms with Crippen LogP contribution in [-0.4, -0.2) is 20.3 Å². The predicted molar refractivity (Wildman–Crippen MR) is 83.8 cm³/mol. The van der Waals surface area contributed by atoms with E-state index in [-0.39, 0.29) is 0 Å². The molecule has 0 spiro atoms. The number of anilines is 1. The molecule has 1 fully saturated rings. The molecule has 1 aliphatic carbocycles. The summed E-state index contributed by atoms with van der Waals surface area (Å²) < 4.78 is 10.7. The Morgan fingerprint density at radius 2 is 1.85 bits per heavy atom. The van der Waals surface area contributed by atoms with Gasteiger partial charge in [0.25, 0.3) is 0 Å². The fourth-order valence-corrected chi connectivity index (χ4v) is 3.14. The van der Waals surface area contributed by atoms with E-state index >= 15 is 0 Å². The summed E-state index contributed by atoms with van der Waals surface area (Å²) >= 11 is 0. The molecule has 3 heteroatoms. The highest BCUT2D eigenvalue weighted by Gasteiger charge is 2.21. The third-order valence-corrected chi connectivity index (χ3v) is 4.31. The lowest BCUT2D eigenvalue weighted by atomic mass is 9.83. The van der Waals surface area contributed by atoms with Crippen LogP contribution in [0.2, 0.25) is 0 Å². The van der Waals surface area contributed by atoms with Crippen LogP contribution in [0.4, 0.5) is 5.69 Å².